The fourth-order valence-electron chi connectivity index (χ4n) is 12.5. The third kappa shape index (κ3) is 6.31. The van der Waals surface area contributed by atoms with Gasteiger partial charge in [0.15, 0.2) is 17.0 Å². The van der Waals surface area contributed by atoms with E-state index in [0.29, 0.717) is 11.4 Å². The molecule has 12 aromatic carbocycles. The van der Waals surface area contributed by atoms with Crippen molar-refractivity contribution in [1.82, 2.24) is 19.1 Å². The largest absolute Gasteiger partial charge is 0.454 e. The molecule has 362 valence electrons. The van der Waals surface area contributed by atoms with Crippen LogP contribution in [0.15, 0.2) is 264 Å². The quantitative estimate of drug-likeness (QED) is 0.167. The summed E-state index contributed by atoms with van der Waals surface area (Å²) in [5, 5.41) is 12.2. The van der Waals surface area contributed by atoms with E-state index in [-0.39, 0.29) is 0 Å². The molecular formula is C72H42N4O2. The van der Waals surface area contributed by atoms with Gasteiger partial charge in [-0.15, -0.1) is 0 Å². The lowest BCUT2D eigenvalue weighted by Crippen LogP contribution is -1.98. The second-order valence-corrected chi connectivity index (χ2v) is 20.4. The van der Waals surface area contributed by atoms with Crippen molar-refractivity contribution in [3.63, 3.8) is 0 Å². The van der Waals surface area contributed by atoms with Crippen molar-refractivity contribution in [3.8, 4) is 56.3 Å². The molecule has 0 spiro atoms. The monoisotopic (exact) mass is 994 g/mol. The van der Waals surface area contributed by atoms with Crippen molar-refractivity contribution in [2.75, 3.05) is 0 Å². The highest BCUT2D eigenvalue weighted by molar-refractivity contribution is 6.25. The van der Waals surface area contributed by atoms with Crippen LogP contribution in [-0.4, -0.2) is 19.1 Å². The molecule has 0 saturated heterocycles. The molecule has 0 aliphatic carbocycles. The highest BCUT2D eigenvalue weighted by Gasteiger charge is 2.26. The second-order valence-electron chi connectivity index (χ2n) is 20.4. The molecule has 0 aliphatic heterocycles. The summed E-state index contributed by atoms with van der Waals surface area (Å²) in [7, 11) is 0. The van der Waals surface area contributed by atoms with E-state index < -0.39 is 0 Å². The second kappa shape index (κ2) is 16.5. The van der Waals surface area contributed by atoms with Crippen molar-refractivity contribution < 1.29 is 8.83 Å². The maximum absolute atomic E-state index is 7.29. The molecule has 78 heavy (non-hydrogen) atoms. The van der Waals surface area contributed by atoms with E-state index in [4.69, 9.17) is 18.8 Å². The van der Waals surface area contributed by atoms with Gasteiger partial charge < -0.3 is 18.0 Å². The summed E-state index contributed by atoms with van der Waals surface area (Å²) in [4.78, 5) is 11.0. The Bertz CT molecular complexity index is 5320. The van der Waals surface area contributed by atoms with Crippen LogP contribution in [0.5, 0.6) is 0 Å². The molecule has 5 heterocycles. The summed E-state index contributed by atoms with van der Waals surface area (Å²) in [5.74, 6) is 0.586. The van der Waals surface area contributed by atoms with Crippen LogP contribution in [-0.2, 0) is 0 Å². The van der Waals surface area contributed by atoms with Crippen molar-refractivity contribution in [2.45, 2.75) is 0 Å². The first-order chi connectivity index (χ1) is 38.7. The van der Waals surface area contributed by atoms with Crippen LogP contribution in [0.2, 0.25) is 0 Å². The number of hydrogen-bond acceptors (Lipinski definition) is 4. The van der Waals surface area contributed by atoms with Gasteiger partial charge in [-0.2, -0.15) is 0 Å². The molecule has 0 saturated carbocycles. The normalized spacial score (nSPS) is 12.1. The van der Waals surface area contributed by atoms with E-state index in [1.54, 1.807) is 0 Å². The van der Waals surface area contributed by atoms with Crippen molar-refractivity contribution in [1.29, 1.82) is 0 Å². The van der Waals surface area contributed by atoms with Crippen molar-refractivity contribution >= 4 is 109 Å². The van der Waals surface area contributed by atoms with E-state index in [0.717, 1.165) is 127 Å². The number of para-hydroxylation sites is 2. The molecule has 0 radical (unpaired) electrons. The molecule has 0 N–H and O–H groups in total. The Labute approximate surface area is 445 Å². The molecular weight excluding hydrogens is 953 g/mol. The van der Waals surface area contributed by atoms with Crippen molar-refractivity contribution in [2.24, 2.45) is 0 Å². The first-order valence-corrected chi connectivity index (χ1v) is 26.5. The highest BCUT2D eigenvalue weighted by atomic mass is 16.3. The van der Waals surface area contributed by atoms with E-state index in [9.17, 15) is 0 Å². The van der Waals surface area contributed by atoms with Crippen LogP contribution in [0.3, 0.4) is 0 Å². The molecule has 0 atom stereocenters. The Balaban J connectivity index is 0.927. The molecule has 0 fully saturated rings. The molecule has 6 heteroatoms. The minimum atomic E-state index is 0.586. The van der Waals surface area contributed by atoms with Gasteiger partial charge in [-0.25, -0.2) is 9.97 Å². The highest BCUT2D eigenvalue weighted by Crippen LogP contribution is 2.47. The standard InChI is InChI=1S/C72H42N4O2/c1-4-16-43(17-5-1)48-31-36-64-58(41-48)69-71(77-64)68(45-19-6-2-7-20-45)73-72(74-69)54-32-35-62(70-67(54)66-52-25-13-12-18-44(52)30-37-65(66)78-70)76-61-34-29-50(40-56(61)57-38-46-21-10-11-22-47(46)42-63(57)76)49-28-33-60-55(39-49)53-26-14-15-27-59(53)75(60)51-23-8-3-9-24-51/h1-42H. The van der Waals surface area contributed by atoms with Gasteiger partial charge >= 0.3 is 0 Å². The minimum Gasteiger partial charge on any atom is -0.454 e. The smallest absolute Gasteiger partial charge is 0.180 e. The van der Waals surface area contributed by atoms with Gasteiger partial charge in [0, 0.05) is 54.5 Å². The summed E-state index contributed by atoms with van der Waals surface area (Å²) < 4.78 is 18.8. The SMILES string of the molecule is c1ccc(-c2ccc3oc4c(-c5ccccc5)nc(-c5ccc(-n6c7ccc(-c8ccc9c(c8)c8ccccc8n9-c8ccccc8)cc7c7cc8ccccc8cc76)c6oc7ccc8ccccc8c7c56)nc4c3c2)cc1. The average molecular weight is 995 g/mol. The van der Waals surface area contributed by atoms with E-state index >= 15 is 0 Å². The van der Waals surface area contributed by atoms with Gasteiger partial charge in [-0.1, -0.05) is 170 Å². The molecule has 6 nitrogen and oxygen atoms in total. The van der Waals surface area contributed by atoms with E-state index in [1.807, 2.05) is 24.3 Å². The maximum Gasteiger partial charge on any atom is 0.180 e. The number of rotatable bonds is 6. The Hall–Kier alpha value is -10.6. The van der Waals surface area contributed by atoms with E-state index in [2.05, 4.69) is 240 Å². The lowest BCUT2D eigenvalue weighted by Gasteiger charge is -2.13. The van der Waals surface area contributed by atoms with Gasteiger partial charge in [0.2, 0.25) is 0 Å². The van der Waals surface area contributed by atoms with Gasteiger partial charge in [0.05, 0.1) is 27.8 Å². The topological polar surface area (TPSA) is 61.9 Å². The zero-order valence-electron chi connectivity index (χ0n) is 41.9. The third-order valence-electron chi connectivity index (χ3n) is 16.1. The van der Waals surface area contributed by atoms with Gasteiger partial charge in [-0.05, 0) is 129 Å². The average Bonchev–Trinajstić information content (AvgIpc) is 4.46. The zero-order chi connectivity index (χ0) is 51.0. The van der Waals surface area contributed by atoms with Crippen LogP contribution in [0.25, 0.3) is 165 Å². The fourth-order valence-corrected chi connectivity index (χ4v) is 12.5. The Morgan fingerprint density at radius 1 is 0.308 bits per heavy atom. The Kier molecular flexibility index (Phi) is 9.03. The minimum absolute atomic E-state index is 0.586. The predicted octanol–water partition coefficient (Wildman–Crippen LogP) is 19.4. The lowest BCUT2D eigenvalue weighted by atomic mass is 9.99. The number of aromatic nitrogens is 4. The summed E-state index contributed by atoms with van der Waals surface area (Å²) in [6, 6.07) is 91.0. The van der Waals surface area contributed by atoms with Crippen LogP contribution >= 0.6 is 0 Å². The maximum atomic E-state index is 7.29. The summed E-state index contributed by atoms with van der Waals surface area (Å²) in [6.45, 7) is 0. The van der Waals surface area contributed by atoms with Crippen LogP contribution in [0, 0.1) is 0 Å². The molecule has 0 unspecified atom stereocenters. The van der Waals surface area contributed by atoms with Gasteiger partial charge in [0.1, 0.15) is 22.4 Å². The first-order valence-electron chi connectivity index (χ1n) is 26.5. The summed E-state index contributed by atoms with van der Waals surface area (Å²) >= 11 is 0. The first kappa shape index (κ1) is 42.8. The zero-order valence-corrected chi connectivity index (χ0v) is 41.9. The molecule has 17 rings (SSSR count). The predicted molar refractivity (Wildman–Crippen MR) is 322 cm³/mol. The molecule has 0 aliphatic rings. The molecule has 0 amide bonds. The number of hydrogen-bond donors (Lipinski definition) is 0. The van der Waals surface area contributed by atoms with E-state index in [1.165, 1.54) is 27.2 Å². The third-order valence-corrected chi connectivity index (χ3v) is 16.1. The number of fused-ring (bicyclic) bond motifs is 15. The Morgan fingerprint density at radius 3 is 1.65 bits per heavy atom. The number of nitrogens with zero attached hydrogens (tertiary/aromatic N) is 4. The lowest BCUT2D eigenvalue weighted by molar-refractivity contribution is 0.666. The molecule has 5 aromatic heterocycles. The van der Waals surface area contributed by atoms with Crippen molar-refractivity contribution in [3.05, 3.63) is 255 Å². The van der Waals surface area contributed by atoms with Crippen LogP contribution in [0.1, 0.15) is 0 Å². The summed E-state index contributed by atoms with van der Waals surface area (Å²) in [6.07, 6.45) is 0. The van der Waals surface area contributed by atoms with Gasteiger partial charge in [0.25, 0.3) is 0 Å². The molecule has 0 bridgehead atoms. The number of benzene rings is 12. The van der Waals surface area contributed by atoms with Gasteiger partial charge in [-0.3, -0.25) is 0 Å². The molecule has 17 aromatic rings. The van der Waals surface area contributed by atoms with Crippen LogP contribution in [0.4, 0.5) is 0 Å². The Morgan fingerprint density at radius 2 is 0.872 bits per heavy atom. The fraction of sp³-hybridized carbons (Fsp3) is 0. The summed E-state index contributed by atoms with van der Waals surface area (Å²) in [5.41, 5.74) is 17.4. The number of furan rings is 2. The van der Waals surface area contributed by atoms with Crippen LogP contribution < -0.4 is 0 Å².